The highest BCUT2D eigenvalue weighted by molar-refractivity contribution is 5.57. The highest BCUT2D eigenvalue weighted by Gasteiger charge is 3.33. The van der Waals surface area contributed by atoms with Gasteiger partial charge in [0.25, 0.3) is 11.8 Å². The summed E-state index contributed by atoms with van der Waals surface area (Å²) in [5.74, 6) is -11.0. The van der Waals surface area contributed by atoms with Crippen molar-refractivity contribution < 1.29 is 43.9 Å². The molecule has 0 N–H and O–H groups in total. The predicted molar refractivity (Wildman–Crippen MR) is 26.9 cm³/mol. The summed E-state index contributed by atoms with van der Waals surface area (Å²) in [4.78, 5) is 0. The molecule has 0 aromatic carbocycles. The first-order valence-electron chi connectivity index (χ1n) is 3.64. The molecule has 0 saturated heterocycles. The van der Waals surface area contributed by atoms with Gasteiger partial charge in [0.15, 0.2) is 0 Å². The third-order valence-corrected chi connectivity index (χ3v) is 3.17. The van der Waals surface area contributed by atoms with Crippen LogP contribution in [0.5, 0.6) is 0 Å². The monoisotopic (exact) mass is 262 g/mol. The van der Waals surface area contributed by atoms with Gasteiger partial charge in [0.2, 0.25) is 10.8 Å². The SMILES string of the molecule is FC(F)(F)C12C(F)(F)C1(C(F)(F)F)C2(F)F. The maximum absolute atomic E-state index is 12.5. The summed E-state index contributed by atoms with van der Waals surface area (Å²) >= 11 is 0. The van der Waals surface area contributed by atoms with Crippen molar-refractivity contribution in [2.75, 3.05) is 0 Å². The lowest BCUT2D eigenvalue weighted by Gasteiger charge is -2.23. The van der Waals surface area contributed by atoms with Gasteiger partial charge in [0.05, 0.1) is 0 Å². The van der Waals surface area contributed by atoms with Gasteiger partial charge in [0, 0.05) is 0 Å². The van der Waals surface area contributed by atoms with Crippen LogP contribution in [0.2, 0.25) is 0 Å². The van der Waals surface area contributed by atoms with Gasteiger partial charge in [-0.3, -0.25) is 0 Å². The zero-order valence-corrected chi connectivity index (χ0v) is 6.78. The zero-order chi connectivity index (χ0) is 13.0. The summed E-state index contributed by atoms with van der Waals surface area (Å²) in [7, 11) is 0. The second-order valence-corrected chi connectivity index (χ2v) is 3.64. The summed E-state index contributed by atoms with van der Waals surface area (Å²) < 4.78 is 122. The lowest BCUT2D eigenvalue weighted by Crippen LogP contribution is -2.44. The zero-order valence-electron chi connectivity index (χ0n) is 6.78. The molecule has 0 aliphatic heterocycles. The van der Waals surface area contributed by atoms with Crippen molar-refractivity contribution in [3.8, 4) is 0 Å². The number of alkyl halides is 10. The first-order chi connectivity index (χ1) is 6.75. The van der Waals surface area contributed by atoms with E-state index in [0.29, 0.717) is 0 Å². The molecule has 94 valence electrons. The number of halogens is 10. The van der Waals surface area contributed by atoms with Crippen molar-refractivity contribution in [1.29, 1.82) is 0 Å². The molecular formula is C6F10. The molecule has 0 atom stereocenters. The summed E-state index contributed by atoms with van der Waals surface area (Å²) in [5, 5.41) is 0. The van der Waals surface area contributed by atoms with E-state index in [-0.39, 0.29) is 0 Å². The standard InChI is InChI=1S/C6F10/c7-3(8)1(5(11,12)13)2(3,4(1,9)10)6(14,15)16. The van der Waals surface area contributed by atoms with E-state index in [2.05, 4.69) is 0 Å². The predicted octanol–water partition coefficient (Wildman–Crippen LogP) is 3.38. The Morgan fingerprint density at radius 1 is 0.500 bits per heavy atom. The molecular weight excluding hydrogens is 262 g/mol. The van der Waals surface area contributed by atoms with Crippen molar-refractivity contribution in [2.24, 2.45) is 10.8 Å². The molecule has 0 radical (unpaired) electrons. The minimum Gasteiger partial charge on any atom is -0.204 e. The van der Waals surface area contributed by atoms with Gasteiger partial charge >= 0.3 is 12.4 Å². The third kappa shape index (κ3) is 0.592. The molecule has 0 unspecified atom stereocenters. The van der Waals surface area contributed by atoms with E-state index < -0.39 is 35.0 Å². The molecule has 2 saturated carbocycles. The Bertz CT molecular complexity index is 308. The van der Waals surface area contributed by atoms with Crippen LogP contribution in [0.4, 0.5) is 43.9 Å². The van der Waals surface area contributed by atoms with Crippen LogP contribution >= 0.6 is 0 Å². The average molecular weight is 262 g/mol. The summed E-state index contributed by atoms with van der Waals surface area (Å²) in [6.45, 7) is 0. The van der Waals surface area contributed by atoms with E-state index in [1.165, 1.54) is 0 Å². The van der Waals surface area contributed by atoms with E-state index in [4.69, 9.17) is 0 Å². The highest BCUT2D eigenvalue weighted by atomic mass is 19.4. The summed E-state index contributed by atoms with van der Waals surface area (Å²) in [6.07, 6.45) is -12.6. The fourth-order valence-corrected chi connectivity index (χ4v) is 2.44. The molecule has 0 heterocycles. The fourth-order valence-electron chi connectivity index (χ4n) is 2.44. The molecule has 2 fully saturated rings. The van der Waals surface area contributed by atoms with Crippen LogP contribution in [0.25, 0.3) is 0 Å². The van der Waals surface area contributed by atoms with Crippen LogP contribution in [-0.4, -0.2) is 24.2 Å². The highest BCUT2D eigenvalue weighted by Crippen LogP contribution is 3.07. The largest absolute Gasteiger partial charge is 0.407 e. The Labute approximate surface area is 80.2 Å². The lowest BCUT2D eigenvalue weighted by molar-refractivity contribution is -0.278. The molecule has 0 amide bonds. The van der Waals surface area contributed by atoms with Crippen LogP contribution in [0, 0.1) is 10.8 Å². The molecule has 16 heavy (non-hydrogen) atoms. The molecule has 2 aliphatic rings. The van der Waals surface area contributed by atoms with Gasteiger partial charge < -0.3 is 0 Å². The van der Waals surface area contributed by atoms with Gasteiger partial charge in [0.1, 0.15) is 0 Å². The van der Waals surface area contributed by atoms with Gasteiger partial charge in [-0.1, -0.05) is 0 Å². The number of hydrogen-bond acceptors (Lipinski definition) is 0. The Hall–Kier alpha value is -0.700. The second kappa shape index (κ2) is 2.03. The van der Waals surface area contributed by atoms with Crippen LogP contribution in [0.1, 0.15) is 0 Å². The molecule has 10 heteroatoms. The van der Waals surface area contributed by atoms with E-state index in [0.717, 1.165) is 0 Å². The maximum atomic E-state index is 12.5. The Morgan fingerprint density at radius 3 is 0.750 bits per heavy atom. The number of rotatable bonds is 0. The lowest BCUT2D eigenvalue weighted by atomic mass is 10.1. The third-order valence-electron chi connectivity index (χ3n) is 3.17. The first-order valence-corrected chi connectivity index (χ1v) is 3.64. The van der Waals surface area contributed by atoms with Gasteiger partial charge in [-0.05, 0) is 0 Å². The fraction of sp³-hybridized carbons (Fsp3) is 1.00. The number of hydrogen-bond donors (Lipinski definition) is 0. The smallest absolute Gasteiger partial charge is 0.204 e. The van der Waals surface area contributed by atoms with Crippen molar-refractivity contribution >= 4 is 0 Å². The maximum Gasteiger partial charge on any atom is 0.407 e. The Balaban J connectivity index is 2.61. The van der Waals surface area contributed by atoms with Crippen molar-refractivity contribution in [3.05, 3.63) is 0 Å². The second-order valence-electron chi connectivity index (χ2n) is 3.64. The summed E-state index contributed by atoms with van der Waals surface area (Å²) in [5.41, 5.74) is -10.5. The molecule has 2 rings (SSSR count). The van der Waals surface area contributed by atoms with Gasteiger partial charge in [-0.25, -0.2) is 17.6 Å². The average Bonchev–Trinajstić information content (AvgIpc) is 2.61. The quantitative estimate of drug-likeness (QED) is 0.587. The Kier molecular flexibility index (Phi) is 1.49. The summed E-state index contributed by atoms with van der Waals surface area (Å²) in [6, 6.07) is 0. The molecule has 0 nitrogen and oxygen atoms in total. The van der Waals surface area contributed by atoms with E-state index >= 15 is 0 Å². The first kappa shape index (κ1) is 11.8. The molecule has 0 aromatic heterocycles. The van der Waals surface area contributed by atoms with E-state index in [9.17, 15) is 43.9 Å². The molecule has 2 aliphatic carbocycles. The molecule has 0 bridgehead atoms. The topological polar surface area (TPSA) is 0 Å². The van der Waals surface area contributed by atoms with E-state index in [1.54, 1.807) is 0 Å². The van der Waals surface area contributed by atoms with Crippen LogP contribution in [-0.2, 0) is 0 Å². The number of fused-ring (bicyclic) bond motifs is 1. The van der Waals surface area contributed by atoms with Crippen LogP contribution in [0.15, 0.2) is 0 Å². The molecule has 0 aromatic rings. The van der Waals surface area contributed by atoms with Crippen molar-refractivity contribution in [3.63, 3.8) is 0 Å². The minimum absolute atomic E-state index is 5.27. The van der Waals surface area contributed by atoms with Crippen molar-refractivity contribution in [1.82, 2.24) is 0 Å². The van der Waals surface area contributed by atoms with Gasteiger partial charge in [-0.2, -0.15) is 26.3 Å². The van der Waals surface area contributed by atoms with E-state index in [1.807, 2.05) is 0 Å². The van der Waals surface area contributed by atoms with Gasteiger partial charge in [-0.15, -0.1) is 0 Å². The van der Waals surface area contributed by atoms with Crippen molar-refractivity contribution in [2.45, 2.75) is 24.2 Å². The molecule has 0 spiro atoms. The normalized spacial score (nSPS) is 43.9. The van der Waals surface area contributed by atoms with Crippen LogP contribution in [0.3, 0.4) is 0 Å². The van der Waals surface area contributed by atoms with Crippen LogP contribution < -0.4 is 0 Å². The Morgan fingerprint density at radius 2 is 0.688 bits per heavy atom. The minimum atomic E-state index is -6.31.